The Balaban J connectivity index is 1.30. The van der Waals surface area contributed by atoms with E-state index in [2.05, 4.69) is 27.2 Å². The number of nitrogens with zero attached hydrogens (tertiary/aromatic N) is 3. The van der Waals surface area contributed by atoms with E-state index >= 15 is 0 Å². The van der Waals surface area contributed by atoms with E-state index in [1.807, 2.05) is 43.5 Å². The monoisotopic (exact) mass is 351 g/mol. The molecule has 26 heavy (non-hydrogen) atoms. The fourth-order valence-electron chi connectivity index (χ4n) is 3.72. The van der Waals surface area contributed by atoms with Crippen molar-refractivity contribution in [1.82, 2.24) is 9.88 Å². The number of aliphatic hydroxyl groups is 1. The number of piperidine rings is 1. The molecule has 0 saturated carbocycles. The first-order valence-corrected chi connectivity index (χ1v) is 9.28. The fraction of sp³-hybridized carbons (Fsp3) is 0.429. The van der Waals surface area contributed by atoms with Gasteiger partial charge in [-0.15, -0.1) is 0 Å². The summed E-state index contributed by atoms with van der Waals surface area (Å²) in [5, 5.41) is 15.2. The third kappa shape index (κ3) is 3.64. The standard InChI is InChI=1S/C21H25N3O2/c1-16-7-8-20(22-14-16)21(25)9-11-24(12-10-21)15-18-13-19(23-26-18)17-5-3-2-4-6-17/h2-8,14,18,25H,9-13,15H2,1H3/t18-/m1/s1. The molecule has 0 unspecified atom stereocenters. The van der Waals surface area contributed by atoms with E-state index in [9.17, 15) is 5.11 Å². The van der Waals surface area contributed by atoms with E-state index in [1.54, 1.807) is 0 Å². The number of hydrogen-bond donors (Lipinski definition) is 1. The van der Waals surface area contributed by atoms with E-state index in [-0.39, 0.29) is 6.10 Å². The van der Waals surface area contributed by atoms with Gasteiger partial charge in [0, 0.05) is 32.3 Å². The van der Waals surface area contributed by atoms with Crippen LogP contribution in [0.25, 0.3) is 0 Å². The van der Waals surface area contributed by atoms with Crippen LogP contribution in [-0.2, 0) is 10.4 Å². The lowest BCUT2D eigenvalue weighted by Gasteiger charge is -2.38. The molecule has 1 atom stereocenters. The first kappa shape index (κ1) is 17.2. The average Bonchev–Trinajstić information content (AvgIpc) is 3.14. The average molecular weight is 351 g/mol. The summed E-state index contributed by atoms with van der Waals surface area (Å²) < 4.78 is 0. The Bertz CT molecular complexity index is 766. The second-order valence-corrected chi connectivity index (χ2v) is 7.39. The van der Waals surface area contributed by atoms with Crippen LogP contribution in [0.1, 0.15) is 36.1 Å². The van der Waals surface area contributed by atoms with E-state index in [0.29, 0.717) is 12.8 Å². The Kier molecular flexibility index (Phi) is 4.74. The molecule has 1 N–H and O–H groups in total. The first-order valence-electron chi connectivity index (χ1n) is 9.28. The Morgan fingerprint density at radius 1 is 1.15 bits per heavy atom. The van der Waals surface area contributed by atoms with Gasteiger partial charge in [-0.25, -0.2) is 0 Å². The number of hydrogen-bond acceptors (Lipinski definition) is 5. The highest BCUT2D eigenvalue weighted by atomic mass is 16.6. The quantitative estimate of drug-likeness (QED) is 0.920. The van der Waals surface area contributed by atoms with Crippen molar-refractivity contribution in [3.63, 3.8) is 0 Å². The second kappa shape index (κ2) is 7.17. The number of oxime groups is 1. The molecular formula is C21H25N3O2. The Morgan fingerprint density at radius 3 is 2.62 bits per heavy atom. The molecule has 1 saturated heterocycles. The molecule has 0 spiro atoms. The lowest BCUT2D eigenvalue weighted by atomic mass is 9.87. The summed E-state index contributed by atoms with van der Waals surface area (Å²) in [6, 6.07) is 14.2. The molecule has 2 aliphatic rings. The van der Waals surface area contributed by atoms with Crippen LogP contribution >= 0.6 is 0 Å². The largest absolute Gasteiger partial charge is 0.390 e. The van der Waals surface area contributed by atoms with E-state index < -0.39 is 5.60 Å². The van der Waals surface area contributed by atoms with Gasteiger partial charge < -0.3 is 9.94 Å². The Labute approximate surface area is 154 Å². The van der Waals surface area contributed by atoms with Crippen LogP contribution in [0.2, 0.25) is 0 Å². The van der Waals surface area contributed by atoms with Crippen LogP contribution in [0, 0.1) is 6.92 Å². The van der Waals surface area contributed by atoms with Crippen LogP contribution in [0.5, 0.6) is 0 Å². The summed E-state index contributed by atoms with van der Waals surface area (Å²) in [6.07, 6.45) is 4.15. The molecule has 5 heteroatoms. The van der Waals surface area contributed by atoms with Gasteiger partial charge in [-0.2, -0.15) is 0 Å². The smallest absolute Gasteiger partial charge is 0.145 e. The van der Waals surface area contributed by atoms with Crippen LogP contribution in [0.15, 0.2) is 53.8 Å². The highest BCUT2D eigenvalue weighted by Crippen LogP contribution is 2.32. The van der Waals surface area contributed by atoms with Crippen LogP contribution in [-0.4, -0.2) is 46.4 Å². The molecule has 2 aliphatic heterocycles. The molecule has 1 aromatic heterocycles. The molecule has 1 aromatic carbocycles. The Morgan fingerprint density at radius 2 is 1.92 bits per heavy atom. The van der Waals surface area contributed by atoms with Gasteiger partial charge in [0.25, 0.3) is 0 Å². The number of likely N-dealkylation sites (tertiary alicyclic amines) is 1. The van der Waals surface area contributed by atoms with Crippen molar-refractivity contribution in [3.05, 3.63) is 65.5 Å². The van der Waals surface area contributed by atoms with Gasteiger partial charge in [0.15, 0.2) is 0 Å². The van der Waals surface area contributed by atoms with Crippen LogP contribution in [0.4, 0.5) is 0 Å². The van der Waals surface area contributed by atoms with Crippen LogP contribution in [0.3, 0.4) is 0 Å². The summed E-state index contributed by atoms with van der Waals surface area (Å²) in [5.74, 6) is 0. The van der Waals surface area contributed by atoms with Gasteiger partial charge in [-0.05, 0) is 37.0 Å². The van der Waals surface area contributed by atoms with Gasteiger partial charge in [-0.1, -0.05) is 41.6 Å². The molecule has 136 valence electrons. The minimum Gasteiger partial charge on any atom is -0.390 e. The summed E-state index contributed by atoms with van der Waals surface area (Å²) >= 11 is 0. The van der Waals surface area contributed by atoms with E-state index in [4.69, 9.17) is 4.84 Å². The third-order valence-corrected chi connectivity index (χ3v) is 5.37. The zero-order valence-electron chi connectivity index (χ0n) is 15.1. The summed E-state index contributed by atoms with van der Waals surface area (Å²) in [4.78, 5) is 12.4. The Hall–Kier alpha value is -2.24. The zero-order valence-corrected chi connectivity index (χ0v) is 15.1. The maximum Gasteiger partial charge on any atom is 0.145 e. The minimum absolute atomic E-state index is 0.0916. The molecule has 0 radical (unpaired) electrons. The van der Waals surface area contributed by atoms with Gasteiger partial charge in [0.1, 0.15) is 11.7 Å². The molecule has 4 rings (SSSR count). The molecule has 1 fully saturated rings. The summed E-state index contributed by atoms with van der Waals surface area (Å²) in [7, 11) is 0. The molecule has 0 aliphatic carbocycles. The number of aromatic nitrogens is 1. The molecule has 5 nitrogen and oxygen atoms in total. The summed E-state index contributed by atoms with van der Waals surface area (Å²) in [6.45, 7) is 4.53. The SMILES string of the molecule is Cc1ccc(C2(O)CCN(C[C@H]3CC(c4ccccc4)=NO3)CC2)nc1. The molecular weight excluding hydrogens is 326 g/mol. The zero-order chi connectivity index (χ0) is 18.0. The predicted octanol–water partition coefficient (Wildman–Crippen LogP) is 2.87. The van der Waals surface area contributed by atoms with Crippen molar-refractivity contribution < 1.29 is 9.94 Å². The summed E-state index contributed by atoms with van der Waals surface area (Å²) in [5.41, 5.74) is 3.24. The molecule has 2 aromatic rings. The van der Waals surface area contributed by atoms with Crippen molar-refractivity contribution in [2.45, 2.75) is 37.9 Å². The highest BCUT2D eigenvalue weighted by Gasteiger charge is 2.36. The van der Waals surface area contributed by atoms with Crippen LogP contribution < -0.4 is 0 Å². The van der Waals surface area contributed by atoms with Crippen molar-refractivity contribution in [2.24, 2.45) is 5.16 Å². The van der Waals surface area contributed by atoms with Crippen molar-refractivity contribution in [1.29, 1.82) is 0 Å². The predicted molar refractivity (Wildman–Crippen MR) is 101 cm³/mol. The van der Waals surface area contributed by atoms with Gasteiger partial charge in [0.2, 0.25) is 0 Å². The highest BCUT2D eigenvalue weighted by molar-refractivity contribution is 6.01. The first-order chi connectivity index (χ1) is 12.6. The maximum absolute atomic E-state index is 11.0. The van der Waals surface area contributed by atoms with Crippen molar-refractivity contribution >= 4 is 5.71 Å². The number of aryl methyl sites for hydroxylation is 1. The topological polar surface area (TPSA) is 58.0 Å². The fourth-order valence-corrected chi connectivity index (χ4v) is 3.72. The number of benzene rings is 1. The van der Waals surface area contributed by atoms with Crippen molar-refractivity contribution in [2.75, 3.05) is 19.6 Å². The minimum atomic E-state index is -0.813. The van der Waals surface area contributed by atoms with Gasteiger partial charge in [0.05, 0.1) is 11.4 Å². The molecule has 0 bridgehead atoms. The third-order valence-electron chi connectivity index (χ3n) is 5.37. The molecule has 3 heterocycles. The lowest BCUT2D eigenvalue weighted by molar-refractivity contribution is -0.0413. The molecule has 0 amide bonds. The maximum atomic E-state index is 11.0. The van der Waals surface area contributed by atoms with Crippen molar-refractivity contribution in [3.8, 4) is 0 Å². The van der Waals surface area contributed by atoms with Gasteiger partial charge >= 0.3 is 0 Å². The van der Waals surface area contributed by atoms with E-state index in [0.717, 1.165) is 48.6 Å². The number of rotatable bonds is 4. The van der Waals surface area contributed by atoms with E-state index in [1.165, 1.54) is 0 Å². The van der Waals surface area contributed by atoms with Gasteiger partial charge in [-0.3, -0.25) is 9.88 Å². The normalized spacial score (nSPS) is 22.7. The lowest BCUT2D eigenvalue weighted by Crippen LogP contribution is -2.45. The number of pyridine rings is 1. The second-order valence-electron chi connectivity index (χ2n) is 7.39.